The van der Waals surface area contributed by atoms with Crippen molar-refractivity contribution in [1.29, 1.82) is 0 Å². The molecule has 0 saturated carbocycles. The van der Waals surface area contributed by atoms with Gasteiger partial charge in [-0.1, -0.05) is 0 Å². The SMILES string of the molecule is CC(=NNC(=O)c1nc(C)cc(C)n1)c1ccc([N+](=O)[O-])cc1. The van der Waals surface area contributed by atoms with Crippen LogP contribution in [0.2, 0.25) is 0 Å². The Morgan fingerprint density at radius 2 is 1.74 bits per heavy atom. The van der Waals surface area contributed by atoms with E-state index in [1.54, 1.807) is 39.0 Å². The minimum atomic E-state index is -0.516. The van der Waals surface area contributed by atoms with Crippen LogP contribution in [0.5, 0.6) is 0 Å². The standard InChI is InChI=1S/C15H15N5O3/c1-9-8-10(2)17-14(16-9)15(21)19-18-11(3)12-4-6-13(7-5-12)20(22)23/h4-8H,1-3H3,(H,19,21). The van der Waals surface area contributed by atoms with Gasteiger partial charge in [0.05, 0.1) is 10.6 Å². The molecule has 0 saturated heterocycles. The average Bonchev–Trinajstić information content (AvgIpc) is 2.51. The molecule has 118 valence electrons. The Morgan fingerprint density at radius 1 is 1.17 bits per heavy atom. The van der Waals surface area contributed by atoms with Crippen LogP contribution in [0, 0.1) is 24.0 Å². The van der Waals surface area contributed by atoms with Crippen molar-refractivity contribution in [2.24, 2.45) is 5.10 Å². The molecule has 0 unspecified atom stereocenters. The maximum absolute atomic E-state index is 12.0. The fourth-order valence-electron chi connectivity index (χ4n) is 1.90. The Kier molecular flexibility index (Phi) is 4.75. The van der Waals surface area contributed by atoms with Crippen LogP contribution in [0.3, 0.4) is 0 Å². The van der Waals surface area contributed by atoms with Crippen molar-refractivity contribution in [3.8, 4) is 0 Å². The number of amides is 1. The molecule has 0 fully saturated rings. The predicted molar refractivity (Wildman–Crippen MR) is 84.3 cm³/mol. The Morgan fingerprint density at radius 3 is 2.26 bits per heavy atom. The number of hydrogen-bond donors (Lipinski definition) is 1. The molecule has 1 amide bonds. The zero-order valence-electron chi connectivity index (χ0n) is 12.9. The molecule has 0 aliphatic carbocycles. The number of rotatable bonds is 4. The van der Waals surface area contributed by atoms with Crippen LogP contribution in [-0.2, 0) is 0 Å². The topological polar surface area (TPSA) is 110 Å². The maximum atomic E-state index is 12.0. The van der Waals surface area contributed by atoms with Gasteiger partial charge in [0, 0.05) is 23.5 Å². The van der Waals surface area contributed by atoms with Crippen LogP contribution in [-0.4, -0.2) is 26.5 Å². The van der Waals surface area contributed by atoms with Gasteiger partial charge in [0.1, 0.15) is 0 Å². The van der Waals surface area contributed by atoms with Gasteiger partial charge in [-0.3, -0.25) is 14.9 Å². The summed E-state index contributed by atoms with van der Waals surface area (Å²) in [6.07, 6.45) is 0. The summed E-state index contributed by atoms with van der Waals surface area (Å²) in [5.74, 6) is -0.471. The van der Waals surface area contributed by atoms with Crippen LogP contribution < -0.4 is 5.43 Å². The number of nitro groups is 1. The van der Waals surface area contributed by atoms with Gasteiger partial charge in [-0.15, -0.1) is 0 Å². The highest BCUT2D eigenvalue weighted by Crippen LogP contribution is 2.12. The molecule has 1 aromatic carbocycles. The van der Waals surface area contributed by atoms with Crippen LogP contribution >= 0.6 is 0 Å². The lowest BCUT2D eigenvalue weighted by Crippen LogP contribution is -2.22. The maximum Gasteiger partial charge on any atom is 0.309 e. The molecule has 0 aliphatic heterocycles. The number of carbonyl (C=O) groups excluding carboxylic acids is 1. The summed E-state index contributed by atoms with van der Waals surface area (Å²) in [5.41, 5.74) is 4.94. The van der Waals surface area contributed by atoms with Crippen molar-refractivity contribution >= 4 is 17.3 Å². The van der Waals surface area contributed by atoms with Crippen molar-refractivity contribution in [2.75, 3.05) is 0 Å². The van der Waals surface area contributed by atoms with Crippen LogP contribution in [0.4, 0.5) is 5.69 Å². The number of hydrogen-bond acceptors (Lipinski definition) is 6. The lowest BCUT2D eigenvalue weighted by atomic mass is 10.1. The summed E-state index contributed by atoms with van der Waals surface area (Å²) in [4.78, 5) is 30.2. The number of nitrogens with one attached hydrogen (secondary N) is 1. The molecule has 8 heteroatoms. The summed E-state index contributed by atoms with van der Waals surface area (Å²) >= 11 is 0. The van der Waals surface area contributed by atoms with Crippen LogP contribution in [0.1, 0.15) is 34.5 Å². The Bertz CT molecular complexity index is 764. The van der Waals surface area contributed by atoms with Crippen molar-refractivity contribution < 1.29 is 9.72 Å². The molecule has 2 aromatic rings. The molecular formula is C15H15N5O3. The smallest absolute Gasteiger partial charge is 0.264 e. The molecule has 0 radical (unpaired) electrons. The minimum Gasteiger partial charge on any atom is -0.264 e. The van der Waals surface area contributed by atoms with Crippen LogP contribution in [0.15, 0.2) is 35.4 Å². The van der Waals surface area contributed by atoms with E-state index in [0.717, 1.165) is 0 Å². The number of non-ortho nitro benzene ring substituents is 1. The van der Waals surface area contributed by atoms with E-state index in [9.17, 15) is 14.9 Å². The summed E-state index contributed by atoms with van der Waals surface area (Å²) in [5, 5.41) is 14.6. The van der Waals surface area contributed by atoms with E-state index >= 15 is 0 Å². The Labute approximate surface area is 132 Å². The molecule has 23 heavy (non-hydrogen) atoms. The predicted octanol–water partition coefficient (Wildman–Crippen LogP) is 2.16. The van der Waals surface area contributed by atoms with E-state index < -0.39 is 10.8 Å². The quantitative estimate of drug-likeness (QED) is 0.528. The van der Waals surface area contributed by atoms with E-state index in [-0.39, 0.29) is 11.5 Å². The number of hydrazone groups is 1. The summed E-state index contributed by atoms with van der Waals surface area (Å²) in [6, 6.07) is 7.65. The second-order valence-electron chi connectivity index (χ2n) is 4.92. The molecule has 1 aromatic heterocycles. The molecule has 0 aliphatic rings. The third-order valence-corrected chi connectivity index (χ3v) is 3.01. The second-order valence-corrected chi connectivity index (χ2v) is 4.92. The zero-order valence-corrected chi connectivity index (χ0v) is 12.9. The van der Waals surface area contributed by atoms with Crippen molar-refractivity contribution in [3.05, 3.63) is 63.2 Å². The molecule has 8 nitrogen and oxygen atoms in total. The van der Waals surface area contributed by atoms with Crippen LogP contribution in [0.25, 0.3) is 0 Å². The number of aromatic nitrogens is 2. The zero-order chi connectivity index (χ0) is 17.0. The Balaban J connectivity index is 2.12. The largest absolute Gasteiger partial charge is 0.309 e. The van der Waals surface area contributed by atoms with E-state index in [1.807, 2.05) is 0 Å². The third kappa shape index (κ3) is 4.16. The summed E-state index contributed by atoms with van der Waals surface area (Å²) in [6.45, 7) is 5.23. The van der Waals surface area contributed by atoms with E-state index in [2.05, 4.69) is 20.5 Å². The Hall–Kier alpha value is -3.16. The number of aryl methyl sites for hydroxylation is 2. The van der Waals surface area contributed by atoms with Gasteiger partial charge in [-0.25, -0.2) is 15.4 Å². The lowest BCUT2D eigenvalue weighted by molar-refractivity contribution is -0.384. The monoisotopic (exact) mass is 313 g/mol. The van der Waals surface area contributed by atoms with Crippen molar-refractivity contribution in [2.45, 2.75) is 20.8 Å². The minimum absolute atomic E-state index is 0.00535. The fraction of sp³-hybridized carbons (Fsp3) is 0.200. The highest BCUT2D eigenvalue weighted by molar-refractivity contribution is 6.00. The molecule has 1 heterocycles. The van der Waals surface area contributed by atoms with Gasteiger partial charge in [-0.05, 0) is 44.5 Å². The van der Waals surface area contributed by atoms with Gasteiger partial charge >= 0.3 is 5.91 Å². The van der Waals surface area contributed by atoms with Gasteiger partial charge in [0.25, 0.3) is 5.69 Å². The molecule has 1 N–H and O–H groups in total. The van der Waals surface area contributed by atoms with E-state index in [1.165, 1.54) is 12.1 Å². The van der Waals surface area contributed by atoms with Gasteiger partial charge in [-0.2, -0.15) is 5.10 Å². The second kappa shape index (κ2) is 6.73. The first kappa shape index (κ1) is 16.2. The van der Waals surface area contributed by atoms with Gasteiger partial charge in [0.2, 0.25) is 5.82 Å². The number of benzene rings is 1. The lowest BCUT2D eigenvalue weighted by Gasteiger charge is -2.04. The van der Waals surface area contributed by atoms with E-state index in [4.69, 9.17) is 0 Å². The van der Waals surface area contributed by atoms with Gasteiger partial charge in [0.15, 0.2) is 0 Å². The molecule has 0 spiro atoms. The third-order valence-electron chi connectivity index (χ3n) is 3.01. The van der Waals surface area contributed by atoms with Gasteiger partial charge < -0.3 is 0 Å². The van der Waals surface area contributed by atoms with E-state index in [0.29, 0.717) is 22.7 Å². The number of nitrogens with zero attached hydrogens (tertiary/aromatic N) is 4. The number of nitro benzene ring substituents is 1. The molecule has 0 atom stereocenters. The fourth-order valence-corrected chi connectivity index (χ4v) is 1.90. The molecule has 2 rings (SSSR count). The first-order valence-corrected chi connectivity index (χ1v) is 6.78. The van der Waals surface area contributed by atoms with Crippen molar-refractivity contribution in [1.82, 2.24) is 15.4 Å². The molecule has 0 bridgehead atoms. The average molecular weight is 313 g/mol. The van der Waals surface area contributed by atoms with Crippen molar-refractivity contribution in [3.63, 3.8) is 0 Å². The first-order chi connectivity index (χ1) is 10.9. The highest BCUT2D eigenvalue weighted by atomic mass is 16.6. The molecular weight excluding hydrogens is 298 g/mol. The highest BCUT2D eigenvalue weighted by Gasteiger charge is 2.10. The summed E-state index contributed by atoms with van der Waals surface area (Å²) < 4.78 is 0. The normalized spacial score (nSPS) is 11.2. The first-order valence-electron chi connectivity index (χ1n) is 6.78. The number of carbonyl (C=O) groups is 1. The summed E-state index contributed by atoms with van der Waals surface area (Å²) in [7, 11) is 0.